The average Bonchev–Trinajstić information content (AvgIpc) is 2.26. The van der Waals surface area contributed by atoms with Crippen molar-refractivity contribution in [2.75, 3.05) is 14.1 Å². The van der Waals surface area contributed by atoms with Crippen molar-refractivity contribution in [3.8, 4) is 0 Å². The SMILES string of the molecule is CCCC(N)C(=O)NC(CC(C)C)C(=O)N(C)C. The number of likely N-dealkylation sites (N-methyl/N-ethyl adjacent to an activating group) is 1. The smallest absolute Gasteiger partial charge is 0.244 e. The average molecular weight is 257 g/mol. The van der Waals surface area contributed by atoms with Gasteiger partial charge in [-0.3, -0.25) is 9.59 Å². The molecular formula is C13H27N3O2. The summed E-state index contributed by atoms with van der Waals surface area (Å²) in [7, 11) is 3.38. The Kier molecular flexibility index (Phi) is 7.59. The van der Waals surface area contributed by atoms with Gasteiger partial charge in [-0.05, 0) is 18.8 Å². The van der Waals surface area contributed by atoms with Crippen LogP contribution in [-0.4, -0.2) is 42.9 Å². The van der Waals surface area contributed by atoms with Crippen molar-refractivity contribution in [2.24, 2.45) is 11.7 Å². The Labute approximate surface area is 110 Å². The van der Waals surface area contributed by atoms with Gasteiger partial charge in [0, 0.05) is 14.1 Å². The lowest BCUT2D eigenvalue weighted by Crippen LogP contribution is -2.51. The minimum atomic E-state index is -0.528. The molecule has 2 unspecified atom stereocenters. The van der Waals surface area contributed by atoms with Gasteiger partial charge in [0.1, 0.15) is 6.04 Å². The Balaban J connectivity index is 4.58. The van der Waals surface area contributed by atoms with Gasteiger partial charge in [0.25, 0.3) is 0 Å². The van der Waals surface area contributed by atoms with Gasteiger partial charge in [-0.1, -0.05) is 27.2 Å². The maximum absolute atomic E-state index is 12.0. The number of nitrogens with zero attached hydrogens (tertiary/aromatic N) is 1. The second kappa shape index (κ2) is 8.08. The molecule has 0 aliphatic rings. The Morgan fingerprint density at radius 3 is 2.22 bits per heavy atom. The quantitative estimate of drug-likeness (QED) is 0.706. The summed E-state index contributed by atoms with van der Waals surface area (Å²) in [4.78, 5) is 25.3. The molecule has 0 aliphatic heterocycles. The van der Waals surface area contributed by atoms with Crippen LogP contribution in [0.25, 0.3) is 0 Å². The van der Waals surface area contributed by atoms with Gasteiger partial charge >= 0.3 is 0 Å². The Morgan fingerprint density at radius 1 is 1.28 bits per heavy atom. The molecule has 5 heteroatoms. The molecule has 0 spiro atoms. The van der Waals surface area contributed by atoms with E-state index in [1.54, 1.807) is 14.1 Å². The molecule has 2 atom stereocenters. The number of carbonyl (C=O) groups excluding carboxylic acids is 2. The summed E-state index contributed by atoms with van der Waals surface area (Å²) >= 11 is 0. The van der Waals surface area contributed by atoms with E-state index in [0.717, 1.165) is 6.42 Å². The first-order valence-corrected chi connectivity index (χ1v) is 6.56. The van der Waals surface area contributed by atoms with Crippen LogP contribution in [0.1, 0.15) is 40.0 Å². The first-order chi connectivity index (χ1) is 8.29. The van der Waals surface area contributed by atoms with Crippen LogP contribution in [0.3, 0.4) is 0 Å². The third-order valence-corrected chi connectivity index (χ3v) is 2.70. The van der Waals surface area contributed by atoms with E-state index < -0.39 is 12.1 Å². The molecule has 0 bridgehead atoms. The molecule has 3 N–H and O–H groups in total. The fourth-order valence-electron chi connectivity index (χ4n) is 1.73. The predicted octanol–water partition coefficient (Wildman–Crippen LogP) is 0.733. The van der Waals surface area contributed by atoms with E-state index in [1.807, 2.05) is 20.8 Å². The molecule has 5 nitrogen and oxygen atoms in total. The zero-order valence-electron chi connectivity index (χ0n) is 12.2. The monoisotopic (exact) mass is 257 g/mol. The van der Waals surface area contributed by atoms with Crippen LogP contribution >= 0.6 is 0 Å². The van der Waals surface area contributed by atoms with Crippen molar-refractivity contribution in [3.63, 3.8) is 0 Å². The van der Waals surface area contributed by atoms with E-state index in [-0.39, 0.29) is 11.8 Å². The first kappa shape index (κ1) is 16.9. The van der Waals surface area contributed by atoms with Gasteiger partial charge in [-0.2, -0.15) is 0 Å². The van der Waals surface area contributed by atoms with Crippen molar-refractivity contribution >= 4 is 11.8 Å². The number of hydrogen-bond acceptors (Lipinski definition) is 3. The second-order valence-electron chi connectivity index (χ2n) is 5.32. The lowest BCUT2D eigenvalue weighted by Gasteiger charge is -2.24. The number of nitrogens with one attached hydrogen (secondary N) is 1. The molecule has 2 amide bonds. The highest BCUT2D eigenvalue weighted by Gasteiger charge is 2.25. The predicted molar refractivity (Wildman–Crippen MR) is 73.0 cm³/mol. The molecule has 0 saturated carbocycles. The number of hydrogen-bond donors (Lipinski definition) is 2. The highest BCUT2D eigenvalue weighted by atomic mass is 16.2. The molecular weight excluding hydrogens is 230 g/mol. The van der Waals surface area contributed by atoms with Crippen molar-refractivity contribution in [2.45, 2.75) is 52.1 Å². The van der Waals surface area contributed by atoms with E-state index in [2.05, 4.69) is 5.32 Å². The van der Waals surface area contributed by atoms with Crippen LogP contribution in [0, 0.1) is 5.92 Å². The van der Waals surface area contributed by atoms with Crippen LogP contribution in [0.4, 0.5) is 0 Å². The van der Waals surface area contributed by atoms with Crippen molar-refractivity contribution in [3.05, 3.63) is 0 Å². The zero-order chi connectivity index (χ0) is 14.3. The van der Waals surface area contributed by atoms with Gasteiger partial charge in [0.2, 0.25) is 11.8 Å². The minimum absolute atomic E-state index is 0.0826. The third kappa shape index (κ3) is 6.00. The maximum Gasteiger partial charge on any atom is 0.244 e. The summed E-state index contributed by atoms with van der Waals surface area (Å²) in [6.07, 6.45) is 2.11. The fourth-order valence-corrected chi connectivity index (χ4v) is 1.73. The summed E-state index contributed by atoms with van der Waals surface area (Å²) in [6, 6.07) is -1.00. The Bertz CT molecular complexity index is 277. The van der Waals surface area contributed by atoms with Crippen molar-refractivity contribution < 1.29 is 9.59 Å². The van der Waals surface area contributed by atoms with Crippen LogP contribution in [0.2, 0.25) is 0 Å². The van der Waals surface area contributed by atoms with E-state index in [9.17, 15) is 9.59 Å². The minimum Gasteiger partial charge on any atom is -0.347 e. The number of nitrogens with two attached hydrogens (primary N) is 1. The maximum atomic E-state index is 12.0. The number of amides is 2. The van der Waals surface area contributed by atoms with Crippen LogP contribution in [0.15, 0.2) is 0 Å². The number of carbonyl (C=O) groups is 2. The first-order valence-electron chi connectivity index (χ1n) is 6.56. The van der Waals surface area contributed by atoms with Crippen LogP contribution in [0.5, 0.6) is 0 Å². The number of rotatable bonds is 7. The molecule has 0 rings (SSSR count). The standard InChI is InChI=1S/C13H27N3O2/c1-6-7-10(14)12(17)15-11(8-9(2)3)13(18)16(4)5/h9-11H,6-8,14H2,1-5H3,(H,15,17). The Morgan fingerprint density at radius 2 is 1.83 bits per heavy atom. The lowest BCUT2D eigenvalue weighted by atomic mass is 10.0. The largest absolute Gasteiger partial charge is 0.347 e. The van der Waals surface area contributed by atoms with E-state index in [0.29, 0.717) is 18.8 Å². The molecule has 0 aromatic rings. The van der Waals surface area contributed by atoms with E-state index >= 15 is 0 Å². The van der Waals surface area contributed by atoms with Crippen LogP contribution in [-0.2, 0) is 9.59 Å². The zero-order valence-corrected chi connectivity index (χ0v) is 12.2. The summed E-state index contributed by atoms with van der Waals surface area (Å²) in [5.74, 6) is 0.0139. The summed E-state index contributed by atoms with van der Waals surface area (Å²) in [5.41, 5.74) is 5.75. The van der Waals surface area contributed by atoms with Gasteiger partial charge in [0.05, 0.1) is 6.04 Å². The molecule has 0 heterocycles. The van der Waals surface area contributed by atoms with E-state index in [1.165, 1.54) is 4.90 Å². The molecule has 0 aromatic heterocycles. The molecule has 0 radical (unpaired) electrons. The van der Waals surface area contributed by atoms with E-state index in [4.69, 9.17) is 5.73 Å². The molecule has 106 valence electrons. The summed E-state index contributed by atoms with van der Waals surface area (Å²) < 4.78 is 0. The lowest BCUT2D eigenvalue weighted by molar-refractivity contribution is -0.135. The van der Waals surface area contributed by atoms with Gasteiger partial charge < -0.3 is 16.0 Å². The van der Waals surface area contributed by atoms with Gasteiger partial charge in [-0.25, -0.2) is 0 Å². The van der Waals surface area contributed by atoms with Gasteiger partial charge in [0.15, 0.2) is 0 Å². The van der Waals surface area contributed by atoms with Crippen molar-refractivity contribution in [1.82, 2.24) is 10.2 Å². The molecule has 18 heavy (non-hydrogen) atoms. The normalized spacial score (nSPS) is 14.2. The highest BCUT2D eigenvalue weighted by molar-refractivity contribution is 5.89. The highest BCUT2D eigenvalue weighted by Crippen LogP contribution is 2.07. The Hall–Kier alpha value is -1.10. The fraction of sp³-hybridized carbons (Fsp3) is 0.846. The molecule has 0 saturated heterocycles. The third-order valence-electron chi connectivity index (χ3n) is 2.70. The summed E-state index contributed by atoms with van der Waals surface area (Å²) in [5, 5.41) is 2.76. The molecule has 0 aliphatic carbocycles. The van der Waals surface area contributed by atoms with Crippen LogP contribution < -0.4 is 11.1 Å². The molecule has 0 aromatic carbocycles. The second-order valence-corrected chi connectivity index (χ2v) is 5.32. The molecule has 0 fully saturated rings. The van der Waals surface area contributed by atoms with Crippen molar-refractivity contribution in [1.29, 1.82) is 0 Å². The van der Waals surface area contributed by atoms with Gasteiger partial charge in [-0.15, -0.1) is 0 Å². The summed E-state index contributed by atoms with van der Waals surface area (Å²) in [6.45, 7) is 6.02. The topological polar surface area (TPSA) is 75.4 Å².